The molecule has 1 unspecified atom stereocenters. The van der Waals surface area contributed by atoms with E-state index in [2.05, 4.69) is 32.9 Å². The predicted molar refractivity (Wildman–Crippen MR) is 83.2 cm³/mol. The third-order valence-electron chi connectivity index (χ3n) is 3.01. The molecule has 0 aliphatic carbocycles. The van der Waals surface area contributed by atoms with Crippen LogP contribution in [0.4, 0.5) is 0 Å². The van der Waals surface area contributed by atoms with Gasteiger partial charge in [0.1, 0.15) is 6.10 Å². The van der Waals surface area contributed by atoms with Gasteiger partial charge in [-0.25, -0.2) is 0 Å². The molecule has 0 saturated heterocycles. The largest absolute Gasteiger partial charge is 1.00 e. The standard InChI is InChI=1S/C16H29O4P.2Na/c1-13(2)7-5-8-14(3)9-6-10-15(4)11-16(17)12-21(18,19)20;;/h7,9,11,16-17H,5-6,8,10,12H2,1-4H3,(H2,18,19,20);;/q;2*+1/p-2/b14-9+,15-11+;;. The van der Waals surface area contributed by atoms with Crippen molar-refractivity contribution in [3.05, 3.63) is 34.9 Å². The molecule has 122 valence electrons. The van der Waals surface area contributed by atoms with Crippen molar-refractivity contribution < 1.29 is 78.9 Å². The Bertz CT molecular complexity index is 397. The van der Waals surface area contributed by atoms with Crippen LogP contribution >= 0.6 is 7.94 Å². The molecule has 0 radical (unpaired) electrons. The van der Waals surface area contributed by atoms with E-state index in [9.17, 15) is 19.8 Å². The number of rotatable bonds is 9. The van der Waals surface area contributed by atoms with E-state index in [1.165, 1.54) is 17.2 Å². The maximum absolute atomic E-state index is 10.5. The Hall–Kier alpha value is 1.49. The summed E-state index contributed by atoms with van der Waals surface area (Å²) in [5.74, 6) is 0. The molecule has 0 aromatic rings. The fourth-order valence-electron chi connectivity index (χ4n) is 1.93. The molecule has 0 rings (SSSR count). The zero-order valence-electron chi connectivity index (χ0n) is 15.5. The molecule has 7 heteroatoms. The Morgan fingerprint density at radius 2 is 1.39 bits per heavy atom. The smallest absolute Gasteiger partial charge is 0.688 e. The summed E-state index contributed by atoms with van der Waals surface area (Å²) in [5, 5.41) is 9.46. The van der Waals surface area contributed by atoms with E-state index in [0.29, 0.717) is 0 Å². The summed E-state index contributed by atoms with van der Waals surface area (Å²) in [7, 11) is -4.65. The van der Waals surface area contributed by atoms with E-state index in [-0.39, 0.29) is 59.1 Å². The van der Waals surface area contributed by atoms with Crippen LogP contribution in [-0.4, -0.2) is 17.4 Å². The van der Waals surface area contributed by atoms with E-state index in [4.69, 9.17) is 0 Å². The minimum absolute atomic E-state index is 0. The summed E-state index contributed by atoms with van der Waals surface area (Å²) in [6.07, 6.45) is 7.57. The van der Waals surface area contributed by atoms with Crippen LogP contribution in [0.2, 0.25) is 0 Å². The van der Waals surface area contributed by atoms with Crippen molar-refractivity contribution in [2.75, 3.05) is 6.16 Å². The van der Waals surface area contributed by atoms with E-state index < -0.39 is 20.2 Å². The van der Waals surface area contributed by atoms with Gasteiger partial charge >= 0.3 is 59.1 Å². The third kappa shape index (κ3) is 21.4. The van der Waals surface area contributed by atoms with Crippen molar-refractivity contribution in [2.24, 2.45) is 0 Å². The van der Waals surface area contributed by atoms with Crippen LogP contribution in [0, 0.1) is 0 Å². The number of hydrogen-bond acceptors (Lipinski definition) is 4. The monoisotopic (exact) mass is 360 g/mol. The Morgan fingerprint density at radius 1 is 0.913 bits per heavy atom. The van der Waals surface area contributed by atoms with Crippen LogP contribution in [0.3, 0.4) is 0 Å². The second kappa shape index (κ2) is 15.7. The van der Waals surface area contributed by atoms with Crippen LogP contribution < -0.4 is 73.8 Å². The second-order valence-corrected chi connectivity index (χ2v) is 7.37. The van der Waals surface area contributed by atoms with Crippen LogP contribution in [-0.2, 0) is 0 Å². The van der Waals surface area contributed by atoms with Gasteiger partial charge < -0.3 is 19.8 Å². The molecule has 1 atom stereocenters. The molecule has 0 aliphatic heterocycles. The zero-order chi connectivity index (χ0) is 16.5. The molecular formula is C16H27Na2O4P. The summed E-state index contributed by atoms with van der Waals surface area (Å²) in [5.41, 5.74) is 3.54. The molecule has 23 heavy (non-hydrogen) atoms. The summed E-state index contributed by atoms with van der Waals surface area (Å²) in [4.78, 5) is 31.6. The predicted octanol–water partition coefficient (Wildman–Crippen LogP) is -4.38. The zero-order valence-corrected chi connectivity index (χ0v) is 20.4. The molecule has 0 heterocycles. The van der Waals surface area contributed by atoms with Gasteiger partial charge in [-0.3, -0.25) is 0 Å². The van der Waals surface area contributed by atoms with Crippen molar-refractivity contribution in [3.8, 4) is 0 Å². The van der Waals surface area contributed by atoms with Gasteiger partial charge in [0.05, 0.1) is 6.16 Å². The first-order chi connectivity index (χ1) is 9.60. The van der Waals surface area contributed by atoms with E-state index >= 15 is 0 Å². The number of aliphatic hydroxyl groups excluding tert-OH is 1. The fourth-order valence-corrected chi connectivity index (χ4v) is 2.49. The SMILES string of the molecule is CC(C)=CCC/C(C)=C/CC/C(C)=C/C(O)C[P+]([O-])([O-])[O-].[Na+].[Na+]. The van der Waals surface area contributed by atoms with Gasteiger partial charge in [-0.2, -0.15) is 7.94 Å². The van der Waals surface area contributed by atoms with Gasteiger partial charge in [0.25, 0.3) is 0 Å². The Labute approximate surface area is 185 Å². The van der Waals surface area contributed by atoms with Crippen LogP contribution in [0.5, 0.6) is 0 Å². The normalized spacial score (nSPS) is 13.7. The molecule has 0 aromatic heterocycles. The van der Waals surface area contributed by atoms with Gasteiger partial charge in [0.2, 0.25) is 0 Å². The van der Waals surface area contributed by atoms with Crippen molar-refractivity contribution in [3.63, 3.8) is 0 Å². The van der Waals surface area contributed by atoms with Gasteiger partial charge in [0, 0.05) is 0 Å². The van der Waals surface area contributed by atoms with Crippen LogP contribution in [0.15, 0.2) is 34.9 Å². The van der Waals surface area contributed by atoms with Gasteiger partial charge in [-0.05, 0) is 53.4 Å². The first-order valence-corrected chi connectivity index (χ1v) is 8.98. The minimum Gasteiger partial charge on any atom is -0.688 e. The molecule has 0 bridgehead atoms. The molecule has 0 saturated carbocycles. The second-order valence-electron chi connectivity index (χ2n) is 5.78. The Morgan fingerprint density at radius 3 is 1.87 bits per heavy atom. The molecule has 0 spiro atoms. The number of allylic oxidation sites excluding steroid dienone is 5. The average molecular weight is 360 g/mol. The maximum Gasteiger partial charge on any atom is 1.00 e. The quantitative estimate of drug-likeness (QED) is 0.256. The van der Waals surface area contributed by atoms with E-state index in [1.54, 1.807) is 0 Å². The van der Waals surface area contributed by atoms with Crippen molar-refractivity contribution >= 4 is 7.94 Å². The molecule has 0 aromatic carbocycles. The van der Waals surface area contributed by atoms with Crippen LogP contribution in [0.1, 0.15) is 53.4 Å². The summed E-state index contributed by atoms with van der Waals surface area (Å²) in [6.45, 7) is 8.09. The summed E-state index contributed by atoms with van der Waals surface area (Å²) < 4.78 is 0. The molecule has 0 aliphatic rings. The summed E-state index contributed by atoms with van der Waals surface area (Å²) in [6, 6.07) is 0. The van der Waals surface area contributed by atoms with Crippen molar-refractivity contribution in [1.29, 1.82) is 0 Å². The van der Waals surface area contributed by atoms with Crippen molar-refractivity contribution in [2.45, 2.75) is 59.5 Å². The third-order valence-corrected chi connectivity index (χ3v) is 3.83. The first-order valence-electron chi connectivity index (χ1n) is 7.25. The van der Waals surface area contributed by atoms with Gasteiger partial charge in [-0.15, -0.1) is 0 Å². The molecule has 0 fully saturated rings. The topological polar surface area (TPSA) is 89.4 Å². The summed E-state index contributed by atoms with van der Waals surface area (Å²) >= 11 is 0. The maximum atomic E-state index is 10.5. The minimum atomic E-state index is -4.65. The van der Waals surface area contributed by atoms with Gasteiger partial charge in [0.15, 0.2) is 0 Å². The van der Waals surface area contributed by atoms with Gasteiger partial charge in [-0.1, -0.05) is 34.9 Å². The molecule has 1 N–H and O–H groups in total. The van der Waals surface area contributed by atoms with E-state index in [1.807, 2.05) is 6.92 Å². The molecule has 4 nitrogen and oxygen atoms in total. The fraction of sp³-hybridized carbons (Fsp3) is 0.625. The molecular weight excluding hydrogens is 333 g/mol. The first kappa shape index (κ1) is 29.3. The number of aliphatic hydroxyl groups is 1. The van der Waals surface area contributed by atoms with E-state index in [0.717, 1.165) is 31.3 Å². The average Bonchev–Trinajstić information content (AvgIpc) is 2.25. The number of hydrogen-bond donors (Lipinski definition) is 1. The van der Waals surface area contributed by atoms with Crippen molar-refractivity contribution in [1.82, 2.24) is 0 Å². The Kier molecular flexibility index (Phi) is 20.0. The van der Waals surface area contributed by atoms with Crippen LogP contribution in [0.25, 0.3) is 0 Å². The Balaban J connectivity index is -0.00000200. The molecule has 0 amide bonds.